The summed E-state index contributed by atoms with van der Waals surface area (Å²) >= 11 is 1.47. The van der Waals surface area contributed by atoms with Crippen molar-refractivity contribution in [2.45, 2.75) is 6.92 Å². The van der Waals surface area contributed by atoms with Crippen molar-refractivity contribution in [2.24, 2.45) is 0 Å². The second-order valence-corrected chi connectivity index (χ2v) is 4.72. The van der Waals surface area contributed by atoms with Crippen molar-refractivity contribution in [3.05, 3.63) is 34.8 Å². The molecule has 0 unspecified atom stereocenters. The monoisotopic (exact) mass is 259 g/mol. The van der Waals surface area contributed by atoms with Crippen molar-refractivity contribution in [1.82, 2.24) is 10.1 Å². The fourth-order valence-electron chi connectivity index (χ4n) is 1.81. The van der Waals surface area contributed by atoms with E-state index in [9.17, 15) is 9.90 Å². The summed E-state index contributed by atoms with van der Waals surface area (Å²) in [6.07, 6.45) is 0. The highest BCUT2D eigenvalue weighted by Gasteiger charge is 2.15. The van der Waals surface area contributed by atoms with Gasteiger partial charge in [0.2, 0.25) is 0 Å². The molecule has 0 aliphatic heterocycles. The molecule has 5 nitrogen and oxygen atoms in total. The molecule has 3 heterocycles. The average Bonchev–Trinajstić information content (AvgIpc) is 2.98. The van der Waals surface area contributed by atoms with Gasteiger partial charge >= 0.3 is 0 Å². The topological polar surface area (TPSA) is 79.0 Å². The highest BCUT2D eigenvalue weighted by atomic mass is 32.1. The summed E-state index contributed by atoms with van der Waals surface area (Å²) in [5, 5.41) is 17.2. The Hall–Kier alpha value is -2.21. The minimum atomic E-state index is -1.26. The van der Waals surface area contributed by atoms with Crippen LogP contribution >= 0.6 is 11.3 Å². The van der Waals surface area contributed by atoms with Crippen molar-refractivity contribution < 1.29 is 14.4 Å². The first-order valence-corrected chi connectivity index (χ1v) is 6.07. The molecule has 0 N–H and O–H groups in total. The number of carbonyl (C=O) groups excluding carboxylic acids is 1. The third-order valence-corrected chi connectivity index (χ3v) is 3.50. The molecule has 0 aliphatic rings. The van der Waals surface area contributed by atoms with Crippen LogP contribution in [-0.2, 0) is 0 Å². The maximum absolute atomic E-state index is 11.2. The minimum Gasteiger partial charge on any atom is -0.545 e. The highest BCUT2D eigenvalue weighted by Crippen LogP contribution is 2.28. The highest BCUT2D eigenvalue weighted by molar-refractivity contribution is 7.13. The summed E-state index contributed by atoms with van der Waals surface area (Å²) in [7, 11) is 0. The van der Waals surface area contributed by atoms with Gasteiger partial charge in [0, 0.05) is 5.56 Å². The SMILES string of the molecule is Cc1noc2nc(-c3cccs3)cc(C(=O)[O-])c12. The van der Waals surface area contributed by atoms with Gasteiger partial charge in [-0.05, 0) is 24.4 Å². The molecule has 0 aliphatic carbocycles. The van der Waals surface area contributed by atoms with Gasteiger partial charge in [-0.3, -0.25) is 0 Å². The molecule has 0 bridgehead atoms. The number of rotatable bonds is 2. The zero-order valence-corrected chi connectivity index (χ0v) is 10.2. The molecule has 0 radical (unpaired) electrons. The number of fused-ring (bicyclic) bond motifs is 1. The van der Waals surface area contributed by atoms with E-state index < -0.39 is 5.97 Å². The number of carbonyl (C=O) groups is 1. The largest absolute Gasteiger partial charge is 0.545 e. The lowest BCUT2D eigenvalue weighted by atomic mass is 10.1. The lowest BCUT2D eigenvalue weighted by Gasteiger charge is -2.05. The molecule has 0 spiro atoms. The van der Waals surface area contributed by atoms with Crippen LogP contribution in [-0.4, -0.2) is 16.1 Å². The van der Waals surface area contributed by atoms with E-state index in [0.717, 1.165) is 4.88 Å². The van der Waals surface area contributed by atoms with Crippen molar-refractivity contribution in [1.29, 1.82) is 0 Å². The van der Waals surface area contributed by atoms with Gasteiger partial charge in [0.1, 0.15) is 0 Å². The van der Waals surface area contributed by atoms with Gasteiger partial charge in [-0.15, -0.1) is 11.3 Å². The Morgan fingerprint density at radius 2 is 2.33 bits per heavy atom. The number of nitrogens with zero attached hydrogens (tertiary/aromatic N) is 2. The molecule has 0 atom stereocenters. The maximum atomic E-state index is 11.2. The van der Waals surface area contributed by atoms with E-state index in [0.29, 0.717) is 16.8 Å². The second kappa shape index (κ2) is 3.92. The molecule has 3 rings (SSSR count). The van der Waals surface area contributed by atoms with Gasteiger partial charge in [-0.1, -0.05) is 11.2 Å². The Morgan fingerprint density at radius 1 is 1.50 bits per heavy atom. The van der Waals surface area contributed by atoms with Gasteiger partial charge < -0.3 is 14.4 Å². The first-order chi connectivity index (χ1) is 8.66. The second-order valence-electron chi connectivity index (χ2n) is 3.77. The van der Waals surface area contributed by atoms with E-state index in [-0.39, 0.29) is 11.3 Å². The Morgan fingerprint density at radius 3 is 3.00 bits per heavy atom. The number of carboxylic acids is 1. The molecule has 0 saturated heterocycles. The lowest BCUT2D eigenvalue weighted by Crippen LogP contribution is -2.22. The maximum Gasteiger partial charge on any atom is 0.259 e. The molecular formula is C12H7N2O3S-. The van der Waals surface area contributed by atoms with Gasteiger partial charge in [0.25, 0.3) is 5.71 Å². The van der Waals surface area contributed by atoms with Crippen molar-refractivity contribution in [2.75, 3.05) is 0 Å². The molecule has 0 amide bonds. The molecule has 90 valence electrons. The van der Waals surface area contributed by atoms with E-state index in [1.807, 2.05) is 17.5 Å². The summed E-state index contributed by atoms with van der Waals surface area (Å²) in [6.45, 7) is 1.67. The average molecular weight is 259 g/mol. The zero-order valence-electron chi connectivity index (χ0n) is 9.34. The van der Waals surface area contributed by atoms with Crippen LogP contribution in [0.5, 0.6) is 0 Å². The Balaban J connectivity index is 2.34. The summed E-state index contributed by atoms with van der Waals surface area (Å²) in [6, 6.07) is 5.23. The predicted molar refractivity (Wildman–Crippen MR) is 64.2 cm³/mol. The van der Waals surface area contributed by atoms with E-state index in [1.165, 1.54) is 17.4 Å². The van der Waals surface area contributed by atoms with Gasteiger partial charge in [-0.2, -0.15) is 0 Å². The third-order valence-electron chi connectivity index (χ3n) is 2.61. The van der Waals surface area contributed by atoms with Crippen molar-refractivity contribution in [3.8, 4) is 10.6 Å². The molecule has 6 heteroatoms. The summed E-state index contributed by atoms with van der Waals surface area (Å²) in [5.41, 5.74) is 1.32. The van der Waals surface area contributed by atoms with Crippen LogP contribution in [0.15, 0.2) is 28.1 Å². The number of hydrogen-bond acceptors (Lipinski definition) is 6. The molecule has 0 fully saturated rings. The van der Waals surface area contributed by atoms with E-state index >= 15 is 0 Å². The smallest absolute Gasteiger partial charge is 0.259 e. The number of aryl methyl sites for hydroxylation is 1. The summed E-state index contributed by atoms with van der Waals surface area (Å²) in [5.74, 6) is -1.26. The van der Waals surface area contributed by atoms with Gasteiger partial charge in [0.15, 0.2) is 0 Å². The van der Waals surface area contributed by atoms with Crippen LogP contribution < -0.4 is 5.11 Å². The lowest BCUT2D eigenvalue weighted by molar-refractivity contribution is -0.254. The first-order valence-electron chi connectivity index (χ1n) is 5.19. The predicted octanol–water partition coefficient (Wildman–Crippen LogP) is 1.62. The number of aromatic nitrogens is 2. The zero-order chi connectivity index (χ0) is 12.7. The van der Waals surface area contributed by atoms with Crippen LogP contribution in [0.1, 0.15) is 16.1 Å². The molecule has 0 saturated carbocycles. The van der Waals surface area contributed by atoms with Gasteiger partial charge in [-0.25, -0.2) is 4.98 Å². The molecule has 18 heavy (non-hydrogen) atoms. The standard InChI is InChI=1S/C12H8N2O3S/c1-6-10-7(12(15)16)5-8(9-3-2-4-18-9)13-11(10)17-14-6/h2-5H,1H3,(H,15,16)/p-1. The first kappa shape index (κ1) is 10.9. The number of pyridine rings is 1. The number of hydrogen-bond donors (Lipinski definition) is 0. The quantitative estimate of drug-likeness (QED) is 0.698. The van der Waals surface area contributed by atoms with Crippen molar-refractivity contribution >= 4 is 28.4 Å². The van der Waals surface area contributed by atoms with E-state index in [2.05, 4.69) is 10.1 Å². The van der Waals surface area contributed by atoms with Crippen LogP contribution in [0.25, 0.3) is 21.7 Å². The Kier molecular flexibility index (Phi) is 2.38. The van der Waals surface area contributed by atoms with Crippen LogP contribution in [0.2, 0.25) is 0 Å². The minimum absolute atomic E-state index is 0.0575. The van der Waals surface area contributed by atoms with E-state index in [4.69, 9.17) is 4.52 Å². The number of aromatic carboxylic acids is 1. The molecule has 3 aromatic rings. The Labute approximate surface area is 106 Å². The van der Waals surface area contributed by atoms with Crippen molar-refractivity contribution in [3.63, 3.8) is 0 Å². The Bertz CT molecular complexity index is 731. The molecular weight excluding hydrogens is 252 g/mol. The fraction of sp³-hybridized carbons (Fsp3) is 0.0833. The number of carboxylic acid groups (broad SMARTS) is 1. The van der Waals surface area contributed by atoms with Crippen LogP contribution in [0.4, 0.5) is 0 Å². The van der Waals surface area contributed by atoms with E-state index in [1.54, 1.807) is 6.92 Å². The summed E-state index contributed by atoms with van der Waals surface area (Å²) < 4.78 is 5.03. The van der Waals surface area contributed by atoms with Crippen LogP contribution in [0.3, 0.4) is 0 Å². The van der Waals surface area contributed by atoms with Crippen LogP contribution in [0, 0.1) is 6.92 Å². The summed E-state index contributed by atoms with van der Waals surface area (Å²) in [4.78, 5) is 16.3. The molecule has 0 aromatic carbocycles. The molecule has 3 aromatic heterocycles. The third kappa shape index (κ3) is 1.58. The van der Waals surface area contributed by atoms with Gasteiger partial charge in [0.05, 0.1) is 27.6 Å². The number of thiophene rings is 1. The normalized spacial score (nSPS) is 10.9. The fourth-order valence-corrected chi connectivity index (χ4v) is 2.49.